The van der Waals surface area contributed by atoms with Gasteiger partial charge in [0.2, 0.25) is 5.91 Å². The van der Waals surface area contributed by atoms with Gasteiger partial charge >= 0.3 is 5.97 Å². The number of carboxylic acids is 1. The van der Waals surface area contributed by atoms with E-state index < -0.39 is 18.2 Å². The molecule has 2 heterocycles. The van der Waals surface area contributed by atoms with E-state index in [0.717, 1.165) is 10.4 Å². The maximum absolute atomic E-state index is 13.0. The van der Waals surface area contributed by atoms with Crippen LogP contribution in [0.25, 0.3) is 0 Å². The third-order valence-corrected chi connectivity index (χ3v) is 6.05. The van der Waals surface area contributed by atoms with Crippen molar-refractivity contribution >= 4 is 28.3 Å². The highest BCUT2D eigenvalue weighted by Gasteiger charge is 2.34. The number of carbonyl (C=O) groups excluding carboxylic acids is 1. The van der Waals surface area contributed by atoms with Gasteiger partial charge in [0.05, 0.1) is 12.1 Å². The van der Waals surface area contributed by atoms with Crippen LogP contribution in [0.1, 0.15) is 20.8 Å². The molecule has 172 valence electrons. The van der Waals surface area contributed by atoms with Crippen LogP contribution in [0.2, 0.25) is 0 Å². The van der Waals surface area contributed by atoms with Gasteiger partial charge in [0.1, 0.15) is 23.8 Å². The van der Waals surface area contributed by atoms with Crippen molar-refractivity contribution in [3.63, 3.8) is 0 Å². The molecule has 3 N–H and O–H groups in total. The molecule has 1 aromatic heterocycles. The van der Waals surface area contributed by atoms with Gasteiger partial charge in [-0.3, -0.25) is 9.69 Å². The zero-order valence-corrected chi connectivity index (χ0v) is 18.3. The maximum atomic E-state index is 13.0. The Morgan fingerprint density at radius 1 is 1.21 bits per heavy atom. The predicted molar refractivity (Wildman–Crippen MR) is 120 cm³/mol. The minimum atomic E-state index is -1.06. The Labute approximate surface area is 193 Å². The fourth-order valence-corrected chi connectivity index (χ4v) is 4.43. The number of carboxylic acid groups (broad SMARTS) is 1. The Bertz CT molecular complexity index is 1140. The molecule has 0 saturated carbocycles. The highest BCUT2D eigenvalue weighted by Crippen LogP contribution is 2.23. The van der Waals surface area contributed by atoms with E-state index >= 15 is 0 Å². The molecule has 4 rings (SSSR count). The van der Waals surface area contributed by atoms with Crippen LogP contribution in [0.4, 0.5) is 9.52 Å². The molecule has 1 amide bonds. The Hall–Kier alpha value is -3.34. The fourth-order valence-electron chi connectivity index (χ4n) is 3.57. The molecule has 1 saturated heterocycles. The van der Waals surface area contributed by atoms with Crippen molar-refractivity contribution in [3.8, 4) is 5.75 Å². The van der Waals surface area contributed by atoms with Gasteiger partial charge in [-0.05, 0) is 35.9 Å². The van der Waals surface area contributed by atoms with Gasteiger partial charge in [-0.1, -0.05) is 18.2 Å². The number of anilines is 1. The smallest absolute Gasteiger partial charge is 0.335 e. The van der Waals surface area contributed by atoms with Crippen LogP contribution in [0.3, 0.4) is 0 Å². The highest BCUT2D eigenvalue weighted by atomic mass is 32.1. The number of aliphatic hydroxyl groups excluding tert-OH is 1. The minimum Gasteiger partial charge on any atom is -0.486 e. The number of hydrogen-bond donors (Lipinski definition) is 3. The lowest BCUT2D eigenvalue weighted by atomic mass is 10.1. The van der Waals surface area contributed by atoms with Gasteiger partial charge in [0.25, 0.3) is 0 Å². The van der Waals surface area contributed by atoms with E-state index in [1.54, 1.807) is 35.4 Å². The van der Waals surface area contributed by atoms with Crippen molar-refractivity contribution in [2.45, 2.75) is 18.6 Å². The lowest BCUT2D eigenvalue weighted by molar-refractivity contribution is -0.117. The lowest BCUT2D eigenvalue weighted by Gasteiger charge is -2.17. The lowest BCUT2D eigenvalue weighted by Crippen LogP contribution is -2.33. The molecule has 0 spiro atoms. The van der Waals surface area contributed by atoms with Crippen LogP contribution in [0.15, 0.2) is 54.7 Å². The van der Waals surface area contributed by atoms with Gasteiger partial charge in [-0.25, -0.2) is 14.2 Å². The second-order valence-corrected chi connectivity index (χ2v) is 8.85. The number of carbonyl (C=O) groups is 2. The molecule has 0 aliphatic carbocycles. The number of nitrogens with zero attached hydrogens (tertiary/aromatic N) is 2. The number of thiazole rings is 1. The van der Waals surface area contributed by atoms with Crippen molar-refractivity contribution in [3.05, 3.63) is 76.5 Å². The number of aromatic carboxylic acids is 1. The first-order chi connectivity index (χ1) is 15.9. The topological polar surface area (TPSA) is 112 Å². The molecule has 2 atom stereocenters. The summed E-state index contributed by atoms with van der Waals surface area (Å²) in [7, 11) is 0. The summed E-state index contributed by atoms with van der Waals surface area (Å²) < 4.78 is 18.8. The Balaban J connectivity index is 1.28. The Morgan fingerprint density at radius 3 is 2.76 bits per heavy atom. The van der Waals surface area contributed by atoms with Gasteiger partial charge in [0, 0.05) is 30.6 Å². The van der Waals surface area contributed by atoms with Crippen LogP contribution in [-0.2, 0) is 11.2 Å². The van der Waals surface area contributed by atoms with Crippen molar-refractivity contribution < 1.29 is 28.9 Å². The molecule has 1 aliphatic heterocycles. The number of hydrogen-bond acceptors (Lipinski definition) is 7. The monoisotopic (exact) mass is 471 g/mol. The van der Waals surface area contributed by atoms with Gasteiger partial charge in [0.15, 0.2) is 5.13 Å². The van der Waals surface area contributed by atoms with Crippen molar-refractivity contribution in [2.75, 3.05) is 25.0 Å². The normalized spacial score (nSPS) is 18.2. The number of likely N-dealkylation sites (tertiary alicyclic amines) is 1. The van der Waals surface area contributed by atoms with Crippen molar-refractivity contribution in [1.29, 1.82) is 0 Å². The van der Waals surface area contributed by atoms with Crippen molar-refractivity contribution in [2.24, 2.45) is 0 Å². The van der Waals surface area contributed by atoms with Gasteiger partial charge < -0.3 is 20.3 Å². The summed E-state index contributed by atoms with van der Waals surface area (Å²) in [6.07, 6.45) is 0.879. The summed E-state index contributed by atoms with van der Waals surface area (Å²) in [6.45, 7) is 0.628. The summed E-state index contributed by atoms with van der Waals surface area (Å²) >= 11 is 1.35. The Kier molecular flexibility index (Phi) is 6.97. The third-order valence-electron chi connectivity index (χ3n) is 5.14. The number of amides is 1. The van der Waals surface area contributed by atoms with E-state index in [9.17, 15) is 19.1 Å². The number of rotatable bonds is 8. The molecule has 10 heteroatoms. The molecule has 3 aromatic rings. The molecular weight excluding hydrogens is 449 g/mol. The first-order valence-electron chi connectivity index (χ1n) is 10.2. The summed E-state index contributed by atoms with van der Waals surface area (Å²) in [5.74, 6) is -1.27. The van der Waals surface area contributed by atoms with E-state index in [2.05, 4.69) is 10.3 Å². The SMILES string of the molecule is O=C(CN1C[C@@H](O)[C@H](Oc2cccc(C(=O)O)c2)C1)Nc1ncc(Cc2ccc(F)cc2)s1. The third kappa shape index (κ3) is 6.13. The largest absolute Gasteiger partial charge is 0.486 e. The summed E-state index contributed by atoms with van der Waals surface area (Å²) in [4.78, 5) is 30.5. The molecule has 8 nitrogen and oxygen atoms in total. The number of benzene rings is 2. The molecule has 1 fully saturated rings. The molecule has 1 aliphatic rings. The quantitative estimate of drug-likeness (QED) is 0.463. The average molecular weight is 472 g/mol. The maximum Gasteiger partial charge on any atom is 0.335 e. The van der Waals surface area contributed by atoms with Gasteiger partial charge in [-0.15, -0.1) is 11.3 Å². The molecule has 0 radical (unpaired) electrons. The molecule has 33 heavy (non-hydrogen) atoms. The average Bonchev–Trinajstić information content (AvgIpc) is 3.35. The fraction of sp³-hybridized carbons (Fsp3) is 0.261. The number of nitrogens with one attached hydrogen (secondary N) is 1. The second kappa shape index (κ2) is 10.1. The van der Waals surface area contributed by atoms with Crippen LogP contribution in [-0.4, -0.2) is 63.8 Å². The number of ether oxygens (including phenoxy) is 1. The van der Waals surface area contributed by atoms with E-state index in [4.69, 9.17) is 9.84 Å². The first kappa shape index (κ1) is 22.8. The van der Waals surface area contributed by atoms with E-state index in [0.29, 0.717) is 23.8 Å². The second-order valence-electron chi connectivity index (χ2n) is 7.73. The molecule has 0 unspecified atom stereocenters. The van der Waals surface area contributed by atoms with E-state index in [1.807, 2.05) is 0 Å². The Morgan fingerprint density at radius 2 is 2.00 bits per heavy atom. The van der Waals surface area contributed by atoms with Crippen molar-refractivity contribution in [1.82, 2.24) is 9.88 Å². The summed E-state index contributed by atoms with van der Waals surface area (Å²) in [5.41, 5.74) is 1.04. The number of β-amino-alcohol motifs (C(OH)–C–C–N with tert-alkyl or cyclic N) is 1. The van der Waals surface area contributed by atoms with E-state index in [-0.39, 0.29) is 30.4 Å². The van der Waals surface area contributed by atoms with E-state index in [1.165, 1.54) is 35.6 Å². The number of aliphatic hydroxyl groups is 1. The standard InChI is InChI=1S/C23H22FN3O5S/c24-16-6-4-14(5-7-16)8-18-10-25-23(33-18)26-21(29)13-27-11-19(28)20(12-27)32-17-3-1-2-15(9-17)22(30)31/h1-7,9-10,19-20,28H,8,11-13H2,(H,30,31)(H,25,26,29)/t19-,20-/m1/s1. The number of aromatic nitrogens is 1. The summed E-state index contributed by atoms with van der Waals surface area (Å²) in [6, 6.07) is 12.3. The molecule has 0 bridgehead atoms. The molecule has 2 aromatic carbocycles. The number of halogens is 1. The first-order valence-corrected chi connectivity index (χ1v) is 11.1. The van der Waals surface area contributed by atoms with Crippen LogP contribution in [0.5, 0.6) is 5.75 Å². The van der Waals surface area contributed by atoms with Crippen LogP contribution in [0, 0.1) is 5.82 Å². The molecular formula is C23H22FN3O5S. The van der Waals surface area contributed by atoms with Gasteiger partial charge in [-0.2, -0.15) is 0 Å². The summed E-state index contributed by atoms with van der Waals surface area (Å²) in [5, 5.41) is 22.6. The van der Waals surface area contributed by atoms with Crippen LogP contribution >= 0.6 is 11.3 Å². The zero-order valence-electron chi connectivity index (χ0n) is 17.5. The van der Waals surface area contributed by atoms with Crippen LogP contribution < -0.4 is 10.1 Å². The highest BCUT2D eigenvalue weighted by molar-refractivity contribution is 7.15. The minimum absolute atomic E-state index is 0.0545. The zero-order chi connectivity index (χ0) is 23.4. The predicted octanol–water partition coefficient (Wildman–Crippen LogP) is 2.63.